The molecule has 1 fully saturated rings. The normalized spacial score (nSPS) is 15.7. The minimum absolute atomic E-state index is 0.780. The summed E-state index contributed by atoms with van der Waals surface area (Å²) in [4.78, 5) is 7.02. The Morgan fingerprint density at radius 2 is 2.22 bits per heavy atom. The summed E-state index contributed by atoms with van der Waals surface area (Å²) in [6.07, 6.45) is 2.72. The molecule has 96 valence electrons. The fraction of sp³-hybridized carbons (Fsp3) is 0.500. The van der Waals surface area contributed by atoms with Gasteiger partial charge in [-0.1, -0.05) is 0 Å². The van der Waals surface area contributed by atoms with Crippen LogP contribution in [0.4, 0.5) is 5.69 Å². The molecule has 1 heterocycles. The highest BCUT2D eigenvalue weighted by molar-refractivity contribution is 5.79. The molecule has 0 atom stereocenters. The van der Waals surface area contributed by atoms with E-state index in [-0.39, 0.29) is 0 Å². The van der Waals surface area contributed by atoms with Gasteiger partial charge in [0.05, 0.1) is 11.0 Å². The molecule has 1 aliphatic rings. The number of nitrogen functional groups attached to an aromatic ring is 1. The van der Waals surface area contributed by atoms with Crippen molar-refractivity contribution in [3.05, 3.63) is 24.0 Å². The molecule has 0 radical (unpaired) electrons. The molecule has 0 bridgehead atoms. The lowest BCUT2D eigenvalue weighted by molar-refractivity contribution is 0.309. The summed E-state index contributed by atoms with van der Waals surface area (Å²) in [7, 11) is 2.21. The lowest BCUT2D eigenvalue weighted by Gasteiger charge is -2.16. The topological polar surface area (TPSA) is 47.1 Å². The molecule has 0 unspecified atom stereocenters. The molecule has 1 aliphatic carbocycles. The van der Waals surface area contributed by atoms with Crippen molar-refractivity contribution in [2.45, 2.75) is 32.4 Å². The van der Waals surface area contributed by atoms with Crippen LogP contribution >= 0.6 is 0 Å². The van der Waals surface area contributed by atoms with Crippen LogP contribution in [0.2, 0.25) is 0 Å². The fourth-order valence-corrected chi connectivity index (χ4v) is 2.51. The van der Waals surface area contributed by atoms with E-state index in [1.165, 1.54) is 18.4 Å². The van der Waals surface area contributed by atoms with Crippen molar-refractivity contribution in [3.8, 4) is 0 Å². The second-order valence-electron chi connectivity index (χ2n) is 5.27. The van der Waals surface area contributed by atoms with Gasteiger partial charge >= 0.3 is 0 Å². The van der Waals surface area contributed by atoms with Crippen LogP contribution in [0.5, 0.6) is 0 Å². The lowest BCUT2D eigenvalue weighted by atomic mass is 10.3. The number of aryl methyl sites for hydroxylation is 1. The highest BCUT2D eigenvalue weighted by atomic mass is 15.2. The van der Waals surface area contributed by atoms with Gasteiger partial charge in [-0.05, 0) is 45.0 Å². The third-order valence-electron chi connectivity index (χ3n) is 3.81. The minimum Gasteiger partial charge on any atom is -0.399 e. The fourth-order valence-electron chi connectivity index (χ4n) is 2.51. The third kappa shape index (κ3) is 2.08. The zero-order chi connectivity index (χ0) is 12.7. The molecule has 0 saturated heterocycles. The van der Waals surface area contributed by atoms with Gasteiger partial charge in [-0.15, -0.1) is 0 Å². The molecule has 1 aromatic carbocycles. The lowest BCUT2D eigenvalue weighted by Crippen LogP contribution is -2.25. The molecule has 0 aliphatic heterocycles. The van der Waals surface area contributed by atoms with E-state index in [1.807, 2.05) is 12.1 Å². The summed E-state index contributed by atoms with van der Waals surface area (Å²) in [6, 6.07) is 6.78. The summed E-state index contributed by atoms with van der Waals surface area (Å²) in [5.74, 6) is 1.07. The number of rotatable bonds is 4. The van der Waals surface area contributed by atoms with Gasteiger partial charge in [0.1, 0.15) is 5.82 Å². The Morgan fingerprint density at radius 3 is 2.94 bits per heavy atom. The Morgan fingerprint density at radius 1 is 1.44 bits per heavy atom. The molecule has 2 aromatic rings. The van der Waals surface area contributed by atoms with E-state index in [9.17, 15) is 0 Å². The summed E-state index contributed by atoms with van der Waals surface area (Å²) >= 11 is 0. The number of anilines is 1. The monoisotopic (exact) mass is 244 g/mol. The highest BCUT2D eigenvalue weighted by Crippen LogP contribution is 2.25. The first-order chi connectivity index (χ1) is 8.65. The predicted molar refractivity (Wildman–Crippen MR) is 74.5 cm³/mol. The van der Waals surface area contributed by atoms with Crippen molar-refractivity contribution in [1.82, 2.24) is 14.5 Å². The zero-order valence-corrected chi connectivity index (χ0v) is 11.1. The Hall–Kier alpha value is -1.55. The van der Waals surface area contributed by atoms with Crippen molar-refractivity contribution in [2.75, 3.05) is 19.3 Å². The molecule has 2 N–H and O–H groups in total. The number of aromatic nitrogens is 2. The molecule has 4 heteroatoms. The van der Waals surface area contributed by atoms with Crippen LogP contribution in [0.3, 0.4) is 0 Å². The summed E-state index contributed by atoms with van der Waals surface area (Å²) in [6.45, 7) is 4.15. The number of hydrogen-bond acceptors (Lipinski definition) is 3. The van der Waals surface area contributed by atoms with E-state index < -0.39 is 0 Å². The third-order valence-corrected chi connectivity index (χ3v) is 3.81. The average Bonchev–Trinajstić information content (AvgIpc) is 3.11. The number of likely N-dealkylation sites (N-methyl/N-ethyl adjacent to an activating group) is 1. The van der Waals surface area contributed by atoms with Crippen molar-refractivity contribution >= 4 is 16.7 Å². The first kappa shape index (κ1) is 11.5. The van der Waals surface area contributed by atoms with Crippen molar-refractivity contribution in [1.29, 1.82) is 0 Å². The first-order valence-electron chi connectivity index (χ1n) is 6.58. The molecular formula is C14H20N4. The highest BCUT2D eigenvalue weighted by Gasteiger charge is 2.25. The van der Waals surface area contributed by atoms with Crippen molar-refractivity contribution < 1.29 is 0 Å². The molecule has 1 saturated carbocycles. The predicted octanol–water partition coefficient (Wildman–Crippen LogP) is 2.02. The second kappa shape index (κ2) is 4.28. The summed E-state index contributed by atoms with van der Waals surface area (Å²) in [5, 5.41) is 0. The molecule has 1 aromatic heterocycles. The maximum Gasteiger partial charge on any atom is 0.106 e. The van der Waals surface area contributed by atoms with Crippen LogP contribution in [0.25, 0.3) is 11.0 Å². The van der Waals surface area contributed by atoms with Crippen LogP contribution in [0.1, 0.15) is 18.7 Å². The van der Waals surface area contributed by atoms with Gasteiger partial charge < -0.3 is 15.2 Å². The standard InChI is InChI=1S/C14H20N4/c1-10-16-13-9-11(15)3-6-14(13)18(10)8-7-17(2)12-4-5-12/h3,6,9,12H,4-5,7-8,15H2,1-2H3. The van der Waals surface area contributed by atoms with E-state index in [0.29, 0.717) is 0 Å². The van der Waals surface area contributed by atoms with Gasteiger partial charge in [0, 0.05) is 24.8 Å². The van der Waals surface area contributed by atoms with E-state index in [1.54, 1.807) is 0 Å². The SMILES string of the molecule is Cc1nc2cc(N)ccc2n1CCN(C)C1CC1. The number of benzene rings is 1. The summed E-state index contributed by atoms with van der Waals surface area (Å²) in [5.41, 5.74) is 8.76. The molecule has 3 rings (SSSR count). The number of hydrogen-bond donors (Lipinski definition) is 1. The molecule has 4 nitrogen and oxygen atoms in total. The molecule has 0 amide bonds. The Kier molecular flexibility index (Phi) is 2.74. The molecule has 18 heavy (non-hydrogen) atoms. The quantitative estimate of drug-likeness (QED) is 0.837. The molecule has 0 spiro atoms. The largest absolute Gasteiger partial charge is 0.399 e. The number of imidazole rings is 1. The van der Waals surface area contributed by atoms with Gasteiger partial charge in [-0.25, -0.2) is 4.98 Å². The van der Waals surface area contributed by atoms with Crippen LogP contribution in [0.15, 0.2) is 18.2 Å². The van der Waals surface area contributed by atoms with Crippen LogP contribution < -0.4 is 5.73 Å². The number of nitrogens with two attached hydrogens (primary N) is 1. The molecular weight excluding hydrogens is 224 g/mol. The Balaban J connectivity index is 1.83. The average molecular weight is 244 g/mol. The van der Waals surface area contributed by atoms with E-state index >= 15 is 0 Å². The Bertz CT molecular complexity index is 568. The van der Waals surface area contributed by atoms with E-state index in [4.69, 9.17) is 5.73 Å². The van der Waals surface area contributed by atoms with Gasteiger partial charge in [0.15, 0.2) is 0 Å². The minimum atomic E-state index is 0.780. The maximum atomic E-state index is 5.80. The van der Waals surface area contributed by atoms with Crippen molar-refractivity contribution in [3.63, 3.8) is 0 Å². The first-order valence-corrected chi connectivity index (χ1v) is 6.58. The summed E-state index contributed by atoms with van der Waals surface area (Å²) < 4.78 is 2.29. The van der Waals surface area contributed by atoms with Crippen LogP contribution in [0, 0.1) is 6.92 Å². The maximum absolute atomic E-state index is 5.80. The Labute approximate surface area is 107 Å². The van der Waals surface area contributed by atoms with Crippen molar-refractivity contribution in [2.24, 2.45) is 0 Å². The van der Waals surface area contributed by atoms with E-state index in [2.05, 4.69) is 34.5 Å². The van der Waals surface area contributed by atoms with Gasteiger partial charge in [-0.3, -0.25) is 0 Å². The van der Waals surface area contributed by atoms with E-state index in [0.717, 1.165) is 36.2 Å². The van der Waals surface area contributed by atoms with Crippen LogP contribution in [-0.2, 0) is 6.54 Å². The van der Waals surface area contributed by atoms with Gasteiger partial charge in [-0.2, -0.15) is 0 Å². The van der Waals surface area contributed by atoms with Gasteiger partial charge in [0.25, 0.3) is 0 Å². The zero-order valence-electron chi connectivity index (χ0n) is 11.1. The smallest absolute Gasteiger partial charge is 0.106 e. The van der Waals surface area contributed by atoms with Gasteiger partial charge in [0.2, 0.25) is 0 Å². The number of fused-ring (bicyclic) bond motifs is 1. The second-order valence-corrected chi connectivity index (χ2v) is 5.27. The number of nitrogens with zero attached hydrogens (tertiary/aromatic N) is 3. The van der Waals surface area contributed by atoms with Crippen LogP contribution in [-0.4, -0.2) is 34.1 Å².